The van der Waals surface area contributed by atoms with Crippen molar-refractivity contribution in [3.05, 3.63) is 94.6 Å². The zero-order chi connectivity index (χ0) is 28.0. The third kappa shape index (κ3) is 7.23. The van der Waals surface area contributed by atoms with E-state index in [9.17, 15) is 48.4 Å². The van der Waals surface area contributed by atoms with Crippen molar-refractivity contribution < 1.29 is 48.4 Å². The topological polar surface area (TPSA) is 168 Å². The number of aliphatic carboxylic acids is 1. The summed E-state index contributed by atoms with van der Waals surface area (Å²) in [5.74, 6) is -4.53. The zero-order valence-electron chi connectivity index (χ0n) is 19.7. The third-order valence-electron chi connectivity index (χ3n) is 5.49. The molecule has 38 heavy (non-hydrogen) atoms. The van der Waals surface area contributed by atoms with Gasteiger partial charge >= 0.3 is 20.2 Å². The van der Waals surface area contributed by atoms with E-state index in [0.717, 1.165) is 35.2 Å². The monoisotopic (exact) mass is 526 g/mol. The molecule has 3 rings (SSSR count). The Labute approximate surface area is 216 Å². The van der Waals surface area contributed by atoms with Gasteiger partial charge in [-0.2, -0.15) is 0 Å². The number of halogens is 2. The lowest BCUT2D eigenvalue weighted by Crippen LogP contribution is -2.37. The van der Waals surface area contributed by atoms with E-state index in [1.807, 2.05) is 0 Å². The van der Waals surface area contributed by atoms with Crippen LogP contribution in [0.25, 0.3) is 0 Å². The molecule has 0 fully saturated rings. The number of hydrogen-bond acceptors (Lipinski definition) is 7. The molecule has 6 N–H and O–H groups in total. The fourth-order valence-corrected chi connectivity index (χ4v) is 3.65. The van der Waals surface area contributed by atoms with Gasteiger partial charge in [0.2, 0.25) is 0 Å². The molecular weight excluding hydrogens is 504 g/mol. The lowest BCUT2D eigenvalue weighted by molar-refractivity contribution is -0.137. The Morgan fingerprint density at radius 1 is 0.789 bits per heavy atom. The van der Waals surface area contributed by atoms with Crippen LogP contribution in [0.3, 0.4) is 0 Å². The molecule has 0 radical (unpaired) electrons. The van der Waals surface area contributed by atoms with E-state index in [1.165, 1.54) is 6.07 Å². The van der Waals surface area contributed by atoms with E-state index in [2.05, 4.69) is 5.32 Å². The minimum absolute atomic E-state index is 0.00362. The number of hydrogen-bond donors (Lipinski definition) is 6. The van der Waals surface area contributed by atoms with Crippen molar-refractivity contribution in [2.24, 2.45) is 0 Å². The number of amides is 2. The van der Waals surface area contributed by atoms with Crippen LogP contribution in [0.4, 0.5) is 8.78 Å². The first-order chi connectivity index (χ1) is 18.0. The lowest BCUT2D eigenvalue weighted by Gasteiger charge is -2.22. The number of carbonyl (C=O) groups excluding carboxylic acids is 2. The van der Waals surface area contributed by atoms with Crippen LogP contribution >= 0.6 is 0 Å². The molecule has 0 bridgehead atoms. The van der Waals surface area contributed by atoms with E-state index in [-0.39, 0.29) is 24.2 Å². The highest BCUT2D eigenvalue weighted by molar-refractivity contribution is 6.59. The van der Waals surface area contributed by atoms with E-state index < -0.39 is 61.1 Å². The van der Waals surface area contributed by atoms with Gasteiger partial charge in [-0.05, 0) is 47.5 Å². The average molecular weight is 526 g/mol. The van der Waals surface area contributed by atoms with Crippen LogP contribution in [-0.2, 0) is 17.9 Å². The number of benzene rings is 3. The first-order valence-electron chi connectivity index (χ1n) is 11.1. The van der Waals surface area contributed by atoms with Gasteiger partial charge in [-0.15, -0.1) is 0 Å². The van der Waals surface area contributed by atoms with Crippen molar-refractivity contribution >= 4 is 42.9 Å². The fraction of sp³-hybridized carbons (Fsp3) is 0.125. The van der Waals surface area contributed by atoms with Crippen molar-refractivity contribution in [3.63, 3.8) is 0 Å². The Hall–Kier alpha value is -4.10. The highest BCUT2D eigenvalue weighted by Crippen LogP contribution is 2.13. The van der Waals surface area contributed by atoms with Crippen LogP contribution < -0.4 is 16.2 Å². The van der Waals surface area contributed by atoms with Gasteiger partial charge in [-0.25, -0.2) is 8.78 Å². The SMILES string of the molecule is O=C(O)CN(Cc1cccc(CNC(=O)c2ccc(F)c(B(O)O)c2)c1)C(=O)c1ccc(F)c(B(O)O)c1. The standard InChI is InChI=1S/C24H22B2F2N2O8/c27-20-6-4-16(9-18(20)25(35)36)23(33)29-11-14-2-1-3-15(8-14)12-30(13-22(31)32)24(34)17-5-7-21(28)19(10-17)26(37)38/h1-10,35-38H,11-13H2,(H,29,33)(H,31,32). The number of carboxylic acid groups (broad SMARTS) is 1. The molecule has 0 unspecified atom stereocenters. The summed E-state index contributed by atoms with van der Waals surface area (Å²) in [4.78, 5) is 37.8. The second kappa shape index (κ2) is 12.4. The molecular formula is C24H22B2F2N2O8. The molecule has 0 spiro atoms. The van der Waals surface area contributed by atoms with Gasteiger partial charge in [0.05, 0.1) is 0 Å². The van der Waals surface area contributed by atoms with Crippen LogP contribution in [0.15, 0.2) is 60.7 Å². The smallest absolute Gasteiger partial charge is 0.480 e. The molecule has 0 aliphatic carbocycles. The molecule has 2 amide bonds. The van der Waals surface area contributed by atoms with Crippen LogP contribution in [0.2, 0.25) is 0 Å². The number of carbonyl (C=O) groups is 3. The first-order valence-corrected chi connectivity index (χ1v) is 11.1. The highest BCUT2D eigenvalue weighted by atomic mass is 19.1. The summed E-state index contributed by atoms with van der Waals surface area (Å²) in [6, 6.07) is 12.5. The molecule has 0 saturated carbocycles. The zero-order valence-corrected chi connectivity index (χ0v) is 19.7. The maximum Gasteiger partial charge on any atom is 0.491 e. The van der Waals surface area contributed by atoms with Gasteiger partial charge < -0.3 is 35.4 Å². The van der Waals surface area contributed by atoms with Crippen LogP contribution in [0, 0.1) is 11.6 Å². The van der Waals surface area contributed by atoms with Crippen molar-refractivity contribution in [2.75, 3.05) is 6.54 Å². The third-order valence-corrected chi connectivity index (χ3v) is 5.49. The molecule has 3 aromatic rings. The van der Waals surface area contributed by atoms with Gasteiger partial charge in [-0.1, -0.05) is 24.3 Å². The molecule has 0 aliphatic rings. The Morgan fingerprint density at radius 3 is 1.92 bits per heavy atom. The molecule has 3 aromatic carbocycles. The van der Waals surface area contributed by atoms with Crippen LogP contribution in [-0.4, -0.2) is 68.7 Å². The molecule has 0 atom stereocenters. The lowest BCUT2D eigenvalue weighted by atomic mass is 9.79. The van der Waals surface area contributed by atoms with Crippen LogP contribution in [0.5, 0.6) is 0 Å². The number of rotatable bonds is 10. The minimum Gasteiger partial charge on any atom is -0.480 e. The summed E-state index contributed by atoms with van der Waals surface area (Å²) < 4.78 is 27.4. The predicted octanol–water partition coefficient (Wildman–Crippen LogP) is -1.02. The van der Waals surface area contributed by atoms with Crippen molar-refractivity contribution in [1.82, 2.24) is 10.2 Å². The molecule has 0 saturated heterocycles. The van der Waals surface area contributed by atoms with Gasteiger partial charge in [-0.3, -0.25) is 14.4 Å². The maximum absolute atomic E-state index is 13.8. The normalized spacial score (nSPS) is 10.6. The van der Waals surface area contributed by atoms with Gasteiger partial charge in [0.1, 0.15) is 18.2 Å². The fourth-order valence-electron chi connectivity index (χ4n) is 3.65. The molecule has 0 heterocycles. The first kappa shape index (κ1) is 28.5. The summed E-state index contributed by atoms with van der Waals surface area (Å²) in [5, 5.41) is 48.9. The highest BCUT2D eigenvalue weighted by Gasteiger charge is 2.23. The maximum atomic E-state index is 13.8. The predicted molar refractivity (Wildman–Crippen MR) is 132 cm³/mol. The molecule has 10 nitrogen and oxygen atoms in total. The molecule has 0 aliphatic heterocycles. The Balaban J connectivity index is 1.75. The average Bonchev–Trinajstić information content (AvgIpc) is 2.86. The number of nitrogens with one attached hydrogen (secondary N) is 1. The summed E-state index contributed by atoms with van der Waals surface area (Å²) in [7, 11) is -4.26. The van der Waals surface area contributed by atoms with E-state index in [1.54, 1.807) is 24.3 Å². The van der Waals surface area contributed by atoms with Crippen molar-refractivity contribution in [3.8, 4) is 0 Å². The largest absolute Gasteiger partial charge is 0.491 e. The van der Waals surface area contributed by atoms with E-state index >= 15 is 0 Å². The minimum atomic E-state index is -2.17. The molecule has 196 valence electrons. The van der Waals surface area contributed by atoms with Crippen molar-refractivity contribution in [2.45, 2.75) is 13.1 Å². The Kier molecular flexibility index (Phi) is 9.31. The summed E-state index contributed by atoms with van der Waals surface area (Å²) in [6.07, 6.45) is 0. The Morgan fingerprint density at radius 2 is 1.34 bits per heavy atom. The summed E-state index contributed by atoms with van der Waals surface area (Å²) >= 11 is 0. The second-order valence-corrected chi connectivity index (χ2v) is 8.28. The molecule has 0 aromatic heterocycles. The molecule has 14 heteroatoms. The van der Waals surface area contributed by atoms with Crippen LogP contribution in [0.1, 0.15) is 31.8 Å². The Bertz CT molecular complexity index is 1360. The van der Waals surface area contributed by atoms with Gasteiger partial charge in [0.15, 0.2) is 0 Å². The van der Waals surface area contributed by atoms with E-state index in [4.69, 9.17) is 0 Å². The van der Waals surface area contributed by atoms with Gasteiger partial charge in [0.25, 0.3) is 11.8 Å². The summed E-state index contributed by atoms with van der Waals surface area (Å²) in [5.41, 5.74) is -0.0597. The van der Waals surface area contributed by atoms with Gasteiger partial charge in [0, 0.05) is 35.1 Å². The second-order valence-electron chi connectivity index (χ2n) is 8.28. The van der Waals surface area contributed by atoms with E-state index in [0.29, 0.717) is 11.1 Å². The quantitative estimate of drug-likeness (QED) is 0.183. The van der Waals surface area contributed by atoms with Crippen molar-refractivity contribution in [1.29, 1.82) is 0 Å². The number of nitrogens with zero attached hydrogens (tertiary/aromatic N) is 1. The summed E-state index contributed by atoms with van der Waals surface area (Å²) in [6.45, 7) is -0.863. The number of carboxylic acids is 1.